The van der Waals surface area contributed by atoms with Crippen LogP contribution in [0, 0.1) is 5.92 Å². The maximum absolute atomic E-state index is 12.0. The van der Waals surface area contributed by atoms with Crippen molar-refractivity contribution < 1.29 is 4.79 Å². The van der Waals surface area contributed by atoms with E-state index >= 15 is 0 Å². The van der Waals surface area contributed by atoms with Crippen molar-refractivity contribution in [2.75, 3.05) is 6.54 Å². The van der Waals surface area contributed by atoms with Crippen molar-refractivity contribution in [2.45, 2.75) is 39.0 Å². The van der Waals surface area contributed by atoms with Gasteiger partial charge in [-0.25, -0.2) is 4.98 Å². The molecule has 0 saturated heterocycles. The highest BCUT2D eigenvalue weighted by molar-refractivity contribution is 6.29. The Morgan fingerprint density at radius 3 is 2.94 bits per heavy atom. The predicted octanol–water partition coefficient (Wildman–Crippen LogP) is 3.22. The van der Waals surface area contributed by atoms with E-state index in [0.29, 0.717) is 10.7 Å². The molecule has 3 nitrogen and oxygen atoms in total. The Morgan fingerprint density at radius 1 is 1.50 bits per heavy atom. The average molecular weight is 267 g/mol. The van der Waals surface area contributed by atoms with Gasteiger partial charge in [0.1, 0.15) is 5.15 Å². The number of carbonyl (C=O) groups excluding carboxylic acids is 1. The number of amides is 1. The first-order valence-corrected chi connectivity index (χ1v) is 7.01. The van der Waals surface area contributed by atoms with Gasteiger partial charge in [-0.2, -0.15) is 0 Å². The first kappa shape index (κ1) is 13.3. The van der Waals surface area contributed by atoms with Crippen molar-refractivity contribution in [2.24, 2.45) is 5.92 Å². The van der Waals surface area contributed by atoms with E-state index < -0.39 is 0 Å². The van der Waals surface area contributed by atoms with Gasteiger partial charge < -0.3 is 5.32 Å². The minimum Gasteiger partial charge on any atom is -0.352 e. The number of halogens is 1. The molecule has 2 rings (SSSR count). The SMILES string of the molecule is CCCc1cc(C(=O)NCCC2CC2)cc(Cl)n1. The molecule has 1 aliphatic carbocycles. The quantitative estimate of drug-likeness (QED) is 0.804. The second kappa shape index (κ2) is 6.19. The van der Waals surface area contributed by atoms with Gasteiger partial charge in [-0.3, -0.25) is 4.79 Å². The van der Waals surface area contributed by atoms with Gasteiger partial charge in [0, 0.05) is 17.8 Å². The number of nitrogens with one attached hydrogen (secondary N) is 1. The molecule has 1 fully saturated rings. The summed E-state index contributed by atoms with van der Waals surface area (Å²) in [6, 6.07) is 3.47. The summed E-state index contributed by atoms with van der Waals surface area (Å²) in [7, 11) is 0. The van der Waals surface area contributed by atoms with E-state index in [1.807, 2.05) is 6.07 Å². The molecule has 0 spiro atoms. The second-order valence-electron chi connectivity index (χ2n) is 4.91. The molecule has 4 heteroatoms. The Labute approximate surface area is 113 Å². The molecule has 0 radical (unpaired) electrons. The highest BCUT2D eigenvalue weighted by Gasteiger charge is 2.20. The van der Waals surface area contributed by atoms with Gasteiger partial charge in [0.25, 0.3) is 5.91 Å². The number of rotatable bonds is 6. The first-order chi connectivity index (χ1) is 8.69. The zero-order chi connectivity index (χ0) is 13.0. The summed E-state index contributed by atoms with van der Waals surface area (Å²) in [6.07, 6.45) is 5.57. The Balaban J connectivity index is 1.94. The van der Waals surface area contributed by atoms with Crippen molar-refractivity contribution in [3.63, 3.8) is 0 Å². The van der Waals surface area contributed by atoms with Gasteiger partial charge in [-0.1, -0.05) is 37.8 Å². The van der Waals surface area contributed by atoms with Crippen LogP contribution in [-0.2, 0) is 6.42 Å². The molecule has 0 aromatic carbocycles. The summed E-state index contributed by atoms with van der Waals surface area (Å²) in [5, 5.41) is 3.34. The maximum atomic E-state index is 12.0. The van der Waals surface area contributed by atoms with E-state index in [1.54, 1.807) is 6.07 Å². The number of nitrogens with zero attached hydrogens (tertiary/aromatic N) is 1. The topological polar surface area (TPSA) is 42.0 Å². The summed E-state index contributed by atoms with van der Waals surface area (Å²) in [5.41, 5.74) is 1.51. The lowest BCUT2D eigenvalue weighted by atomic mass is 10.1. The lowest BCUT2D eigenvalue weighted by molar-refractivity contribution is 0.0952. The fourth-order valence-electron chi connectivity index (χ4n) is 1.96. The normalized spacial score (nSPS) is 14.6. The number of aromatic nitrogens is 1. The third-order valence-electron chi connectivity index (χ3n) is 3.15. The van der Waals surface area contributed by atoms with E-state index in [0.717, 1.165) is 37.4 Å². The Hall–Kier alpha value is -1.09. The summed E-state index contributed by atoms with van der Waals surface area (Å²) in [6.45, 7) is 2.84. The molecule has 0 bridgehead atoms. The van der Waals surface area contributed by atoms with Crippen LogP contribution in [0.4, 0.5) is 0 Å². The molecule has 18 heavy (non-hydrogen) atoms. The molecule has 1 heterocycles. The van der Waals surface area contributed by atoms with Crippen molar-refractivity contribution in [3.05, 3.63) is 28.5 Å². The van der Waals surface area contributed by atoms with E-state index in [2.05, 4.69) is 17.2 Å². The molecule has 98 valence electrons. The number of carbonyl (C=O) groups is 1. The third-order valence-corrected chi connectivity index (χ3v) is 3.34. The van der Waals surface area contributed by atoms with E-state index in [9.17, 15) is 4.79 Å². The molecule has 1 aromatic heterocycles. The van der Waals surface area contributed by atoms with Gasteiger partial charge in [-0.15, -0.1) is 0 Å². The zero-order valence-electron chi connectivity index (χ0n) is 10.7. The van der Waals surface area contributed by atoms with Crippen molar-refractivity contribution in [1.29, 1.82) is 0 Å². The minimum absolute atomic E-state index is 0.0442. The van der Waals surface area contributed by atoms with Gasteiger partial charge >= 0.3 is 0 Å². The lowest BCUT2D eigenvalue weighted by Gasteiger charge is -2.07. The first-order valence-electron chi connectivity index (χ1n) is 6.63. The highest BCUT2D eigenvalue weighted by Crippen LogP contribution is 2.31. The van der Waals surface area contributed by atoms with Crippen LogP contribution in [0.2, 0.25) is 5.15 Å². The second-order valence-corrected chi connectivity index (χ2v) is 5.30. The molecule has 0 atom stereocenters. The summed E-state index contributed by atoms with van der Waals surface area (Å²) in [4.78, 5) is 16.2. The molecule has 0 unspecified atom stereocenters. The third kappa shape index (κ3) is 3.98. The molecule has 1 N–H and O–H groups in total. The van der Waals surface area contributed by atoms with Crippen molar-refractivity contribution in [3.8, 4) is 0 Å². The largest absolute Gasteiger partial charge is 0.352 e. The molecule has 1 aromatic rings. The standard InChI is InChI=1S/C14H19ClN2O/c1-2-3-12-8-11(9-13(15)17-12)14(18)16-7-6-10-4-5-10/h8-10H,2-7H2,1H3,(H,16,18). The average Bonchev–Trinajstić information content (AvgIpc) is 3.12. The lowest BCUT2D eigenvalue weighted by Crippen LogP contribution is -2.25. The van der Waals surface area contributed by atoms with Gasteiger partial charge in [0.05, 0.1) is 0 Å². The van der Waals surface area contributed by atoms with Crippen molar-refractivity contribution >= 4 is 17.5 Å². The Morgan fingerprint density at radius 2 is 2.28 bits per heavy atom. The Kier molecular flexibility index (Phi) is 4.59. The Bertz CT molecular complexity index is 430. The zero-order valence-corrected chi connectivity index (χ0v) is 11.5. The van der Waals surface area contributed by atoms with Crippen LogP contribution in [0.15, 0.2) is 12.1 Å². The number of pyridine rings is 1. The van der Waals surface area contributed by atoms with Crippen LogP contribution in [0.25, 0.3) is 0 Å². The highest BCUT2D eigenvalue weighted by atomic mass is 35.5. The molecule has 1 aliphatic rings. The van der Waals surface area contributed by atoms with Gasteiger partial charge in [-0.05, 0) is 30.9 Å². The van der Waals surface area contributed by atoms with E-state index in [1.165, 1.54) is 12.8 Å². The molecular formula is C14H19ClN2O. The van der Waals surface area contributed by atoms with E-state index in [4.69, 9.17) is 11.6 Å². The van der Waals surface area contributed by atoms with Crippen LogP contribution < -0.4 is 5.32 Å². The fourth-order valence-corrected chi connectivity index (χ4v) is 2.19. The number of hydrogen-bond acceptors (Lipinski definition) is 2. The monoisotopic (exact) mass is 266 g/mol. The van der Waals surface area contributed by atoms with Crippen molar-refractivity contribution in [1.82, 2.24) is 10.3 Å². The van der Waals surface area contributed by atoms with E-state index in [-0.39, 0.29) is 5.91 Å². The smallest absolute Gasteiger partial charge is 0.251 e. The molecule has 0 aliphatic heterocycles. The van der Waals surface area contributed by atoms with Crippen LogP contribution in [0.1, 0.15) is 48.7 Å². The summed E-state index contributed by atoms with van der Waals surface area (Å²) >= 11 is 5.93. The fraction of sp³-hybridized carbons (Fsp3) is 0.571. The molecule has 1 amide bonds. The number of aryl methyl sites for hydroxylation is 1. The summed E-state index contributed by atoms with van der Waals surface area (Å²) in [5.74, 6) is 0.791. The number of hydrogen-bond donors (Lipinski definition) is 1. The van der Waals surface area contributed by atoms with Gasteiger partial charge in [0.15, 0.2) is 0 Å². The van der Waals surface area contributed by atoms with Crippen LogP contribution >= 0.6 is 11.6 Å². The predicted molar refractivity (Wildman–Crippen MR) is 72.9 cm³/mol. The van der Waals surface area contributed by atoms with Crippen LogP contribution in [0.5, 0.6) is 0 Å². The van der Waals surface area contributed by atoms with Gasteiger partial charge in [0.2, 0.25) is 0 Å². The molecule has 1 saturated carbocycles. The summed E-state index contributed by atoms with van der Waals surface area (Å²) < 4.78 is 0. The minimum atomic E-state index is -0.0442. The van der Waals surface area contributed by atoms with Crippen LogP contribution in [-0.4, -0.2) is 17.4 Å². The molecular weight excluding hydrogens is 248 g/mol. The van der Waals surface area contributed by atoms with Crippen LogP contribution in [0.3, 0.4) is 0 Å². The maximum Gasteiger partial charge on any atom is 0.251 e.